The van der Waals surface area contributed by atoms with Crippen LogP contribution in [0.25, 0.3) is 11.2 Å². The van der Waals surface area contributed by atoms with Crippen LogP contribution in [0.5, 0.6) is 0 Å². The standard InChI is InChI=1S/C16H16ClN3O/c17-13-6-2-1-5-12(13)11-15-19-14-7-3-8-18-16(14)20(15)9-4-10-21/h1-3,5-8,21H,4,9-11H2. The predicted octanol–water partition coefficient (Wildman–Crippen LogP) is 3.06. The van der Waals surface area contributed by atoms with Crippen molar-refractivity contribution in [2.45, 2.75) is 19.4 Å². The molecule has 0 aliphatic carbocycles. The van der Waals surface area contributed by atoms with E-state index >= 15 is 0 Å². The summed E-state index contributed by atoms with van der Waals surface area (Å²) in [5, 5.41) is 9.83. The number of pyridine rings is 1. The van der Waals surface area contributed by atoms with E-state index in [0.717, 1.165) is 27.6 Å². The van der Waals surface area contributed by atoms with E-state index in [1.165, 1.54) is 0 Å². The SMILES string of the molecule is OCCCn1c(Cc2ccccc2Cl)nc2cccnc21. The van der Waals surface area contributed by atoms with E-state index in [9.17, 15) is 0 Å². The van der Waals surface area contributed by atoms with Gasteiger partial charge < -0.3 is 9.67 Å². The molecule has 2 aromatic heterocycles. The third-order valence-corrected chi connectivity index (χ3v) is 3.80. The van der Waals surface area contributed by atoms with Crippen LogP contribution in [0.2, 0.25) is 5.02 Å². The molecule has 2 heterocycles. The molecule has 0 bridgehead atoms. The topological polar surface area (TPSA) is 50.9 Å². The zero-order chi connectivity index (χ0) is 14.7. The molecular weight excluding hydrogens is 286 g/mol. The van der Waals surface area contributed by atoms with Crippen LogP contribution >= 0.6 is 11.6 Å². The number of aryl methyl sites for hydroxylation is 1. The first kappa shape index (κ1) is 14.0. The molecule has 0 fully saturated rings. The third kappa shape index (κ3) is 2.91. The fraction of sp³-hybridized carbons (Fsp3) is 0.250. The summed E-state index contributed by atoms with van der Waals surface area (Å²) in [5.41, 5.74) is 2.77. The number of fused-ring (bicyclic) bond motifs is 1. The maximum absolute atomic E-state index is 9.09. The maximum atomic E-state index is 9.09. The van der Waals surface area contributed by atoms with E-state index in [1.807, 2.05) is 36.4 Å². The Labute approximate surface area is 128 Å². The van der Waals surface area contributed by atoms with Gasteiger partial charge in [-0.15, -0.1) is 0 Å². The normalized spacial score (nSPS) is 11.1. The number of nitrogens with zero attached hydrogens (tertiary/aromatic N) is 3. The lowest BCUT2D eigenvalue weighted by Crippen LogP contribution is -2.07. The minimum atomic E-state index is 0.151. The van der Waals surface area contributed by atoms with Crippen LogP contribution in [0.15, 0.2) is 42.6 Å². The Morgan fingerprint density at radius 2 is 2.00 bits per heavy atom. The van der Waals surface area contributed by atoms with Crippen molar-refractivity contribution in [1.29, 1.82) is 0 Å². The van der Waals surface area contributed by atoms with Crippen LogP contribution in [0.1, 0.15) is 17.8 Å². The van der Waals surface area contributed by atoms with Gasteiger partial charge in [0.15, 0.2) is 5.65 Å². The summed E-state index contributed by atoms with van der Waals surface area (Å²) in [6.07, 6.45) is 3.09. The van der Waals surface area contributed by atoms with E-state index < -0.39 is 0 Å². The van der Waals surface area contributed by atoms with E-state index in [1.54, 1.807) is 6.20 Å². The van der Waals surface area contributed by atoms with Crippen LogP contribution in [0.4, 0.5) is 0 Å². The van der Waals surface area contributed by atoms with Gasteiger partial charge in [0.25, 0.3) is 0 Å². The molecule has 1 aromatic carbocycles. The van der Waals surface area contributed by atoms with Gasteiger partial charge in [-0.25, -0.2) is 9.97 Å². The Hall–Kier alpha value is -1.91. The number of aliphatic hydroxyl groups is 1. The van der Waals surface area contributed by atoms with Crippen LogP contribution in [-0.2, 0) is 13.0 Å². The van der Waals surface area contributed by atoms with Crippen molar-refractivity contribution in [3.05, 3.63) is 59.0 Å². The van der Waals surface area contributed by atoms with E-state index in [4.69, 9.17) is 16.7 Å². The molecule has 0 atom stereocenters. The summed E-state index contributed by atoms with van der Waals surface area (Å²) >= 11 is 6.24. The first-order valence-corrected chi connectivity index (χ1v) is 7.32. The number of rotatable bonds is 5. The smallest absolute Gasteiger partial charge is 0.159 e. The number of imidazole rings is 1. The molecule has 3 rings (SSSR count). The lowest BCUT2D eigenvalue weighted by Gasteiger charge is -2.08. The molecule has 0 saturated heterocycles. The van der Waals surface area contributed by atoms with Gasteiger partial charge in [-0.2, -0.15) is 0 Å². The minimum absolute atomic E-state index is 0.151. The van der Waals surface area contributed by atoms with Gasteiger partial charge in [0.1, 0.15) is 11.3 Å². The number of hydrogen-bond donors (Lipinski definition) is 1. The van der Waals surface area contributed by atoms with Gasteiger partial charge in [-0.05, 0) is 30.2 Å². The molecule has 108 valence electrons. The molecule has 0 aliphatic heterocycles. The van der Waals surface area contributed by atoms with Crippen molar-refractivity contribution < 1.29 is 5.11 Å². The van der Waals surface area contributed by atoms with E-state index in [-0.39, 0.29) is 6.61 Å². The first-order chi connectivity index (χ1) is 10.3. The Bertz CT molecular complexity index is 754. The van der Waals surface area contributed by atoms with Gasteiger partial charge in [-0.3, -0.25) is 0 Å². The number of halogens is 1. The summed E-state index contributed by atoms with van der Waals surface area (Å²) < 4.78 is 2.06. The highest BCUT2D eigenvalue weighted by Crippen LogP contribution is 2.21. The van der Waals surface area contributed by atoms with Gasteiger partial charge in [0.2, 0.25) is 0 Å². The summed E-state index contributed by atoms with van der Waals surface area (Å²) in [6, 6.07) is 11.6. The largest absolute Gasteiger partial charge is 0.396 e. The van der Waals surface area contributed by atoms with Crippen molar-refractivity contribution >= 4 is 22.8 Å². The van der Waals surface area contributed by atoms with Crippen molar-refractivity contribution in [2.75, 3.05) is 6.61 Å². The molecule has 21 heavy (non-hydrogen) atoms. The van der Waals surface area contributed by atoms with Crippen molar-refractivity contribution in [1.82, 2.24) is 14.5 Å². The monoisotopic (exact) mass is 301 g/mol. The summed E-state index contributed by atoms with van der Waals surface area (Å²) in [6.45, 7) is 0.849. The third-order valence-electron chi connectivity index (χ3n) is 3.43. The van der Waals surface area contributed by atoms with Gasteiger partial charge in [0.05, 0.1) is 0 Å². The predicted molar refractivity (Wildman–Crippen MR) is 83.5 cm³/mol. The fourth-order valence-electron chi connectivity index (χ4n) is 2.42. The summed E-state index contributed by atoms with van der Waals surface area (Å²) in [4.78, 5) is 9.07. The quantitative estimate of drug-likeness (QED) is 0.788. The van der Waals surface area contributed by atoms with Crippen molar-refractivity contribution in [2.24, 2.45) is 0 Å². The summed E-state index contributed by atoms with van der Waals surface area (Å²) in [7, 11) is 0. The lowest BCUT2D eigenvalue weighted by atomic mass is 10.1. The van der Waals surface area contributed by atoms with Crippen molar-refractivity contribution in [3.8, 4) is 0 Å². The molecule has 0 spiro atoms. The molecule has 0 saturated carbocycles. The van der Waals surface area contributed by atoms with E-state index in [2.05, 4.69) is 14.5 Å². The molecule has 3 aromatic rings. The highest BCUT2D eigenvalue weighted by molar-refractivity contribution is 6.31. The molecule has 1 N–H and O–H groups in total. The molecule has 0 aliphatic rings. The van der Waals surface area contributed by atoms with Gasteiger partial charge >= 0.3 is 0 Å². The highest BCUT2D eigenvalue weighted by atomic mass is 35.5. The average Bonchev–Trinajstić information content (AvgIpc) is 2.85. The first-order valence-electron chi connectivity index (χ1n) is 6.94. The summed E-state index contributed by atoms with van der Waals surface area (Å²) in [5.74, 6) is 0.922. The average molecular weight is 302 g/mol. The van der Waals surface area contributed by atoms with E-state index in [0.29, 0.717) is 19.4 Å². The Morgan fingerprint density at radius 3 is 2.81 bits per heavy atom. The zero-order valence-electron chi connectivity index (χ0n) is 11.5. The second-order valence-corrected chi connectivity index (χ2v) is 5.28. The van der Waals surface area contributed by atoms with Crippen molar-refractivity contribution in [3.63, 3.8) is 0 Å². The van der Waals surface area contributed by atoms with Crippen LogP contribution in [0, 0.1) is 0 Å². The van der Waals surface area contributed by atoms with Crippen LogP contribution in [-0.4, -0.2) is 26.2 Å². The van der Waals surface area contributed by atoms with Gasteiger partial charge in [-0.1, -0.05) is 29.8 Å². The highest BCUT2D eigenvalue weighted by Gasteiger charge is 2.12. The molecule has 0 amide bonds. The maximum Gasteiger partial charge on any atom is 0.159 e. The fourth-order valence-corrected chi connectivity index (χ4v) is 2.62. The molecular formula is C16H16ClN3O. The zero-order valence-corrected chi connectivity index (χ0v) is 12.3. The minimum Gasteiger partial charge on any atom is -0.396 e. The van der Waals surface area contributed by atoms with Crippen LogP contribution < -0.4 is 0 Å². The number of aromatic nitrogens is 3. The Morgan fingerprint density at radius 1 is 1.14 bits per heavy atom. The molecule has 4 nitrogen and oxygen atoms in total. The Kier molecular flexibility index (Phi) is 4.18. The number of benzene rings is 1. The number of aliphatic hydroxyl groups excluding tert-OH is 1. The van der Waals surface area contributed by atoms with Crippen LogP contribution in [0.3, 0.4) is 0 Å². The second-order valence-electron chi connectivity index (χ2n) is 4.87. The second kappa shape index (κ2) is 6.24. The molecule has 0 unspecified atom stereocenters. The number of hydrogen-bond acceptors (Lipinski definition) is 3. The lowest BCUT2D eigenvalue weighted by molar-refractivity contribution is 0.280. The molecule has 0 radical (unpaired) electrons. The molecule has 5 heteroatoms. The Balaban J connectivity index is 2.02. The van der Waals surface area contributed by atoms with Gasteiger partial charge in [0, 0.05) is 30.8 Å².